The summed E-state index contributed by atoms with van der Waals surface area (Å²) in [7, 11) is -1.18. The lowest BCUT2D eigenvalue weighted by molar-refractivity contribution is 0.386. The highest BCUT2D eigenvalue weighted by molar-refractivity contribution is 7.92. The van der Waals surface area contributed by atoms with Gasteiger partial charge in [0, 0.05) is 6.07 Å². The van der Waals surface area contributed by atoms with Crippen LogP contribution in [0.25, 0.3) is 0 Å². The maximum Gasteiger partial charge on any atom is 0.265 e. The van der Waals surface area contributed by atoms with Crippen molar-refractivity contribution in [2.45, 2.75) is 18.7 Å². The van der Waals surface area contributed by atoms with Crippen LogP contribution < -0.4 is 14.2 Å². The number of ether oxygens (including phenoxy) is 2. The molecule has 2 rings (SSSR count). The normalized spacial score (nSPS) is 11.2. The lowest BCUT2D eigenvalue weighted by atomic mass is 10.1. The molecule has 23 heavy (non-hydrogen) atoms. The Hall–Kier alpha value is -2.28. The van der Waals surface area contributed by atoms with Gasteiger partial charge in [-0.25, -0.2) is 12.8 Å². The first-order valence-corrected chi connectivity index (χ1v) is 8.28. The molecule has 0 bridgehead atoms. The molecule has 0 aliphatic rings. The smallest absolute Gasteiger partial charge is 0.265 e. The third-order valence-electron chi connectivity index (χ3n) is 3.47. The molecule has 2 aromatic rings. The highest BCUT2D eigenvalue weighted by atomic mass is 32.2. The Morgan fingerprint density at radius 2 is 1.57 bits per heavy atom. The van der Waals surface area contributed by atoms with Gasteiger partial charge in [0.15, 0.2) is 11.6 Å². The van der Waals surface area contributed by atoms with Gasteiger partial charge in [-0.3, -0.25) is 4.72 Å². The fraction of sp³-hybridized carbons (Fsp3) is 0.250. The topological polar surface area (TPSA) is 64.6 Å². The van der Waals surface area contributed by atoms with Crippen molar-refractivity contribution in [1.82, 2.24) is 0 Å². The van der Waals surface area contributed by atoms with E-state index in [2.05, 4.69) is 4.72 Å². The van der Waals surface area contributed by atoms with Crippen LogP contribution in [0.1, 0.15) is 11.1 Å². The summed E-state index contributed by atoms with van der Waals surface area (Å²) >= 11 is 0. The minimum atomic E-state index is -3.91. The first kappa shape index (κ1) is 17.1. The second kappa shape index (κ2) is 6.45. The summed E-state index contributed by atoms with van der Waals surface area (Å²) in [6.45, 7) is 3.67. The Morgan fingerprint density at radius 3 is 2.13 bits per heavy atom. The van der Waals surface area contributed by atoms with Crippen molar-refractivity contribution < 1.29 is 22.3 Å². The number of hydrogen-bond acceptors (Lipinski definition) is 4. The molecule has 0 heterocycles. The number of sulfonamides is 1. The van der Waals surface area contributed by atoms with Crippen molar-refractivity contribution in [2.24, 2.45) is 0 Å². The van der Waals surface area contributed by atoms with Gasteiger partial charge in [-0.15, -0.1) is 0 Å². The van der Waals surface area contributed by atoms with Gasteiger partial charge in [0.25, 0.3) is 10.0 Å². The highest BCUT2D eigenvalue weighted by Gasteiger charge is 2.21. The van der Waals surface area contributed by atoms with Crippen molar-refractivity contribution >= 4 is 15.7 Å². The summed E-state index contributed by atoms with van der Waals surface area (Å²) < 4.78 is 51.1. The lowest BCUT2D eigenvalue weighted by Gasteiger charge is -2.14. The number of benzene rings is 2. The van der Waals surface area contributed by atoms with E-state index in [1.54, 1.807) is 13.0 Å². The van der Waals surface area contributed by atoms with Crippen LogP contribution in [0.5, 0.6) is 11.5 Å². The van der Waals surface area contributed by atoms with E-state index >= 15 is 0 Å². The maximum absolute atomic E-state index is 13.7. The molecule has 0 saturated carbocycles. The van der Waals surface area contributed by atoms with Crippen LogP contribution in [0.3, 0.4) is 0 Å². The Kier molecular flexibility index (Phi) is 4.79. The average Bonchev–Trinajstić information content (AvgIpc) is 2.49. The fourth-order valence-electron chi connectivity index (χ4n) is 2.07. The molecule has 124 valence electrons. The van der Waals surface area contributed by atoms with Crippen molar-refractivity contribution in [3.05, 3.63) is 47.3 Å². The molecule has 0 saturated heterocycles. The van der Waals surface area contributed by atoms with Gasteiger partial charge in [-0.2, -0.15) is 0 Å². The number of rotatable bonds is 5. The number of halogens is 1. The van der Waals surface area contributed by atoms with Crippen LogP contribution in [0.2, 0.25) is 0 Å². The van der Waals surface area contributed by atoms with Crippen molar-refractivity contribution in [2.75, 3.05) is 18.9 Å². The number of anilines is 1. The quantitative estimate of drug-likeness (QED) is 0.908. The minimum absolute atomic E-state index is 0.000624. The van der Waals surface area contributed by atoms with Gasteiger partial charge in [0.2, 0.25) is 0 Å². The molecule has 0 aliphatic heterocycles. The molecule has 0 amide bonds. The van der Waals surface area contributed by atoms with Crippen LogP contribution in [-0.2, 0) is 10.0 Å². The number of nitrogens with one attached hydrogen (secondary N) is 1. The average molecular weight is 339 g/mol. The van der Waals surface area contributed by atoms with E-state index in [1.807, 2.05) is 6.92 Å². The van der Waals surface area contributed by atoms with E-state index in [-0.39, 0.29) is 22.1 Å². The zero-order chi connectivity index (χ0) is 17.2. The van der Waals surface area contributed by atoms with Crippen LogP contribution in [0, 0.1) is 19.7 Å². The predicted octanol–water partition coefficient (Wildman–Crippen LogP) is 3.26. The molecule has 1 N–H and O–H groups in total. The summed E-state index contributed by atoms with van der Waals surface area (Å²) in [5, 5.41) is 0. The Labute approximate surface area is 135 Å². The molecule has 0 aliphatic carbocycles. The first-order chi connectivity index (χ1) is 10.8. The van der Waals surface area contributed by atoms with Crippen molar-refractivity contribution in [3.8, 4) is 11.5 Å². The third-order valence-corrected chi connectivity index (χ3v) is 4.88. The highest BCUT2D eigenvalue weighted by Crippen LogP contribution is 2.29. The first-order valence-electron chi connectivity index (χ1n) is 6.80. The molecular formula is C16H18FNO4S. The summed E-state index contributed by atoms with van der Waals surface area (Å²) in [4.78, 5) is -0.000624. The number of aryl methyl sites for hydroxylation is 2. The standard InChI is InChI=1S/C16H18FNO4S/c1-10-7-15(22-4)16(8-11(10)2)23(19,20)18-12-5-6-14(21-3)13(17)9-12/h5-9,18H,1-4H3. The van der Waals surface area contributed by atoms with Gasteiger partial charge in [-0.1, -0.05) is 0 Å². The Balaban J connectivity index is 2.43. The zero-order valence-corrected chi connectivity index (χ0v) is 14.1. The summed E-state index contributed by atoms with van der Waals surface area (Å²) in [6, 6.07) is 7.01. The van der Waals surface area contributed by atoms with Crippen LogP contribution in [-0.4, -0.2) is 22.6 Å². The lowest BCUT2D eigenvalue weighted by Crippen LogP contribution is -2.14. The second-order valence-electron chi connectivity index (χ2n) is 5.04. The third kappa shape index (κ3) is 3.56. The molecule has 0 fully saturated rings. The summed E-state index contributed by atoms with van der Waals surface area (Å²) in [5.41, 5.74) is 1.83. The van der Waals surface area contributed by atoms with E-state index in [9.17, 15) is 12.8 Å². The molecule has 0 aromatic heterocycles. The van der Waals surface area contributed by atoms with E-state index in [1.165, 1.54) is 32.4 Å². The van der Waals surface area contributed by atoms with Gasteiger partial charge in [0.05, 0.1) is 19.9 Å². The summed E-state index contributed by atoms with van der Waals surface area (Å²) in [5.74, 6) is -0.383. The maximum atomic E-state index is 13.7. The molecule has 2 aromatic carbocycles. The Bertz CT molecular complexity index is 834. The molecule has 0 radical (unpaired) electrons. The van der Waals surface area contributed by atoms with Gasteiger partial charge in [-0.05, 0) is 49.2 Å². The largest absolute Gasteiger partial charge is 0.495 e. The van der Waals surface area contributed by atoms with Crippen LogP contribution in [0.15, 0.2) is 35.2 Å². The fourth-order valence-corrected chi connectivity index (χ4v) is 3.36. The van der Waals surface area contributed by atoms with Crippen molar-refractivity contribution in [1.29, 1.82) is 0 Å². The molecule has 5 nitrogen and oxygen atoms in total. The van der Waals surface area contributed by atoms with E-state index < -0.39 is 15.8 Å². The minimum Gasteiger partial charge on any atom is -0.495 e. The van der Waals surface area contributed by atoms with Gasteiger partial charge in [0.1, 0.15) is 10.6 Å². The van der Waals surface area contributed by atoms with Gasteiger partial charge < -0.3 is 9.47 Å². The van der Waals surface area contributed by atoms with E-state index in [0.717, 1.165) is 17.2 Å². The number of methoxy groups -OCH3 is 2. The molecular weight excluding hydrogens is 321 g/mol. The Morgan fingerprint density at radius 1 is 0.957 bits per heavy atom. The molecule has 0 spiro atoms. The van der Waals surface area contributed by atoms with Gasteiger partial charge >= 0.3 is 0 Å². The summed E-state index contributed by atoms with van der Waals surface area (Å²) in [6.07, 6.45) is 0. The molecule has 0 atom stereocenters. The second-order valence-corrected chi connectivity index (χ2v) is 6.69. The number of hydrogen-bond donors (Lipinski definition) is 1. The molecule has 0 unspecified atom stereocenters. The zero-order valence-electron chi connectivity index (χ0n) is 13.3. The van der Waals surface area contributed by atoms with Crippen LogP contribution in [0.4, 0.5) is 10.1 Å². The SMILES string of the molecule is COc1ccc(NS(=O)(=O)c2cc(C)c(C)cc2OC)cc1F. The monoisotopic (exact) mass is 339 g/mol. The molecule has 7 heteroatoms. The van der Waals surface area contributed by atoms with E-state index in [0.29, 0.717) is 0 Å². The van der Waals surface area contributed by atoms with Crippen LogP contribution >= 0.6 is 0 Å². The van der Waals surface area contributed by atoms with E-state index in [4.69, 9.17) is 9.47 Å². The van der Waals surface area contributed by atoms with Crippen molar-refractivity contribution in [3.63, 3.8) is 0 Å². The predicted molar refractivity (Wildman–Crippen MR) is 86.2 cm³/mol.